The lowest BCUT2D eigenvalue weighted by Gasteiger charge is -2.34. The standard InChI is InChI=1S/C31H33FN6O5/c1-5-41-24-13-8-20(9-14-24)28(30(40)33-31(2,3)4)38(23-12-15-25-26(18-23)43-17-16-42-25)27(39)19-37-35-29(34-36-37)21-6-10-22(32)11-7-21/h6-15,18,28H,5,16-17,19H2,1-4H3,(H,33,40). The highest BCUT2D eigenvalue weighted by Crippen LogP contribution is 2.37. The van der Waals surface area contributed by atoms with Crippen molar-refractivity contribution in [1.82, 2.24) is 25.5 Å². The Morgan fingerprint density at radius 2 is 1.72 bits per heavy atom. The fraction of sp³-hybridized carbons (Fsp3) is 0.323. The van der Waals surface area contributed by atoms with Crippen molar-refractivity contribution < 1.29 is 28.2 Å². The highest BCUT2D eigenvalue weighted by Gasteiger charge is 2.35. The normalized spacial score (nSPS) is 13.2. The van der Waals surface area contributed by atoms with Crippen LogP contribution < -0.4 is 24.4 Å². The zero-order valence-corrected chi connectivity index (χ0v) is 24.4. The molecule has 43 heavy (non-hydrogen) atoms. The molecule has 1 aromatic heterocycles. The summed E-state index contributed by atoms with van der Waals surface area (Å²) in [7, 11) is 0. The van der Waals surface area contributed by atoms with Crippen LogP contribution in [-0.4, -0.2) is 57.4 Å². The number of carbonyl (C=O) groups is 2. The Bertz CT molecular complexity index is 1580. The zero-order chi connectivity index (χ0) is 30.6. The first-order valence-electron chi connectivity index (χ1n) is 13.9. The van der Waals surface area contributed by atoms with E-state index < -0.39 is 29.2 Å². The number of halogens is 1. The number of nitrogens with one attached hydrogen (secondary N) is 1. The third kappa shape index (κ3) is 7.08. The van der Waals surface area contributed by atoms with E-state index in [9.17, 15) is 14.0 Å². The van der Waals surface area contributed by atoms with E-state index in [2.05, 4.69) is 20.7 Å². The summed E-state index contributed by atoms with van der Waals surface area (Å²) in [6.45, 7) is 8.40. The number of hydrogen-bond acceptors (Lipinski definition) is 8. The van der Waals surface area contributed by atoms with Crippen molar-refractivity contribution in [1.29, 1.82) is 0 Å². The van der Waals surface area contributed by atoms with Crippen LogP contribution in [0.5, 0.6) is 17.2 Å². The van der Waals surface area contributed by atoms with E-state index in [-0.39, 0.29) is 12.4 Å². The number of tetrazole rings is 1. The van der Waals surface area contributed by atoms with Crippen LogP contribution in [0.25, 0.3) is 11.4 Å². The topological polar surface area (TPSA) is 121 Å². The van der Waals surface area contributed by atoms with Crippen molar-refractivity contribution in [2.24, 2.45) is 0 Å². The van der Waals surface area contributed by atoms with Gasteiger partial charge in [0.05, 0.1) is 6.61 Å². The molecule has 3 aromatic carbocycles. The minimum Gasteiger partial charge on any atom is -0.494 e. The summed E-state index contributed by atoms with van der Waals surface area (Å²) in [5.74, 6) is 0.601. The molecule has 2 heterocycles. The molecule has 4 aromatic rings. The highest BCUT2D eigenvalue weighted by molar-refractivity contribution is 6.01. The van der Waals surface area contributed by atoms with Crippen molar-refractivity contribution in [3.63, 3.8) is 0 Å². The lowest BCUT2D eigenvalue weighted by Crippen LogP contribution is -2.50. The molecule has 1 N–H and O–H groups in total. The average molecular weight is 589 g/mol. The van der Waals surface area contributed by atoms with Gasteiger partial charge in [-0.1, -0.05) is 12.1 Å². The molecule has 0 saturated carbocycles. The van der Waals surface area contributed by atoms with Crippen molar-refractivity contribution in [2.75, 3.05) is 24.7 Å². The first-order chi connectivity index (χ1) is 20.6. The van der Waals surface area contributed by atoms with E-state index in [4.69, 9.17) is 14.2 Å². The molecule has 1 atom stereocenters. The Hall–Kier alpha value is -5.00. The van der Waals surface area contributed by atoms with Crippen LogP contribution in [0.2, 0.25) is 0 Å². The minimum absolute atomic E-state index is 0.229. The van der Waals surface area contributed by atoms with Gasteiger partial charge in [0, 0.05) is 22.9 Å². The molecule has 1 aliphatic heterocycles. The van der Waals surface area contributed by atoms with Crippen LogP contribution in [0.1, 0.15) is 39.3 Å². The molecule has 12 heteroatoms. The Kier molecular flexibility index (Phi) is 8.56. The first-order valence-corrected chi connectivity index (χ1v) is 13.9. The molecule has 2 amide bonds. The number of ether oxygens (including phenoxy) is 3. The molecule has 224 valence electrons. The number of amides is 2. The number of hydrogen-bond donors (Lipinski definition) is 1. The van der Waals surface area contributed by atoms with Crippen LogP contribution in [0.4, 0.5) is 10.1 Å². The van der Waals surface area contributed by atoms with Crippen LogP contribution in [-0.2, 0) is 16.1 Å². The van der Waals surface area contributed by atoms with Gasteiger partial charge < -0.3 is 19.5 Å². The smallest absolute Gasteiger partial charge is 0.251 e. The molecular formula is C31H33FN6O5. The molecule has 0 saturated heterocycles. The molecular weight excluding hydrogens is 555 g/mol. The highest BCUT2D eigenvalue weighted by atomic mass is 19.1. The maximum Gasteiger partial charge on any atom is 0.251 e. The minimum atomic E-state index is -1.08. The van der Waals surface area contributed by atoms with Gasteiger partial charge in [0.1, 0.15) is 37.4 Å². The second-order valence-electron chi connectivity index (χ2n) is 10.9. The molecule has 0 spiro atoms. The number of carbonyl (C=O) groups excluding carboxylic acids is 2. The van der Waals surface area contributed by atoms with E-state index in [1.807, 2.05) is 27.7 Å². The van der Waals surface area contributed by atoms with Crippen LogP contribution in [0, 0.1) is 5.82 Å². The first kappa shape index (κ1) is 29.5. The molecule has 1 aliphatic rings. The lowest BCUT2D eigenvalue weighted by molar-refractivity contribution is -0.128. The van der Waals surface area contributed by atoms with E-state index >= 15 is 0 Å². The van der Waals surface area contributed by atoms with Gasteiger partial charge in [0.15, 0.2) is 11.5 Å². The fourth-order valence-electron chi connectivity index (χ4n) is 4.61. The molecule has 0 radical (unpaired) electrons. The largest absolute Gasteiger partial charge is 0.494 e. The summed E-state index contributed by atoms with van der Waals surface area (Å²) in [4.78, 5) is 30.7. The lowest BCUT2D eigenvalue weighted by atomic mass is 10.0. The van der Waals surface area contributed by atoms with Crippen molar-refractivity contribution in [2.45, 2.75) is 45.8 Å². The van der Waals surface area contributed by atoms with Gasteiger partial charge in [0.25, 0.3) is 5.91 Å². The maximum atomic E-state index is 14.2. The van der Waals surface area contributed by atoms with Crippen molar-refractivity contribution in [3.8, 4) is 28.6 Å². The van der Waals surface area contributed by atoms with Gasteiger partial charge in [-0.25, -0.2) is 4.39 Å². The fourth-order valence-corrected chi connectivity index (χ4v) is 4.61. The second-order valence-corrected chi connectivity index (χ2v) is 10.9. The van der Waals surface area contributed by atoms with Crippen molar-refractivity contribution >= 4 is 17.5 Å². The average Bonchev–Trinajstić information content (AvgIpc) is 3.44. The molecule has 1 unspecified atom stereocenters. The number of aromatic nitrogens is 4. The number of anilines is 1. The Morgan fingerprint density at radius 3 is 2.40 bits per heavy atom. The molecule has 11 nitrogen and oxygen atoms in total. The maximum absolute atomic E-state index is 14.2. The van der Waals surface area contributed by atoms with Gasteiger partial charge in [-0.15, -0.1) is 10.2 Å². The summed E-state index contributed by atoms with van der Waals surface area (Å²) in [5.41, 5.74) is 0.934. The zero-order valence-electron chi connectivity index (χ0n) is 24.4. The van der Waals surface area contributed by atoms with E-state index in [0.29, 0.717) is 53.9 Å². The van der Waals surface area contributed by atoms with Gasteiger partial charge in [0.2, 0.25) is 11.7 Å². The number of fused-ring (bicyclic) bond motifs is 1. The summed E-state index contributed by atoms with van der Waals surface area (Å²) in [6.07, 6.45) is 0. The predicted octanol–water partition coefficient (Wildman–Crippen LogP) is 4.34. The number of benzene rings is 3. The second kappa shape index (κ2) is 12.5. The third-order valence-corrected chi connectivity index (χ3v) is 6.42. The molecule has 0 fully saturated rings. The predicted molar refractivity (Wildman–Crippen MR) is 156 cm³/mol. The summed E-state index contributed by atoms with van der Waals surface area (Å²) in [5, 5.41) is 15.4. The molecule has 5 rings (SSSR count). The summed E-state index contributed by atoms with van der Waals surface area (Å²) < 4.78 is 30.5. The number of nitrogens with zero attached hydrogens (tertiary/aromatic N) is 5. The third-order valence-electron chi connectivity index (χ3n) is 6.42. The summed E-state index contributed by atoms with van der Waals surface area (Å²) >= 11 is 0. The Morgan fingerprint density at radius 1 is 1.02 bits per heavy atom. The van der Waals surface area contributed by atoms with E-state index in [1.165, 1.54) is 29.2 Å². The van der Waals surface area contributed by atoms with Gasteiger partial charge in [-0.05, 0) is 87.0 Å². The SMILES string of the molecule is CCOc1ccc(C(C(=O)NC(C)(C)C)N(C(=O)Cn2nnc(-c3ccc(F)cc3)n2)c2ccc3c(c2)OCCO3)cc1. The van der Waals surface area contributed by atoms with Crippen LogP contribution in [0.15, 0.2) is 66.7 Å². The molecule has 0 aliphatic carbocycles. The monoisotopic (exact) mass is 588 g/mol. The Labute approximate surface area is 248 Å². The van der Waals surface area contributed by atoms with Gasteiger partial charge in [-0.3, -0.25) is 14.5 Å². The van der Waals surface area contributed by atoms with Crippen LogP contribution >= 0.6 is 0 Å². The van der Waals surface area contributed by atoms with Gasteiger partial charge in [-0.2, -0.15) is 4.80 Å². The quantitative estimate of drug-likeness (QED) is 0.307. The Balaban J connectivity index is 1.55. The summed E-state index contributed by atoms with van der Waals surface area (Å²) in [6, 6.07) is 16.7. The molecule has 0 bridgehead atoms. The van der Waals surface area contributed by atoms with Gasteiger partial charge >= 0.3 is 0 Å². The van der Waals surface area contributed by atoms with E-state index in [0.717, 1.165) is 4.80 Å². The van der Waals surface area contributed by atoms with Crippen LogP contribution in [0.3, 0.4) is 0 Å². The van der Waals surface area contributed by atoms with Crippen molar-refractivity contribution in [3.05, 3.63) is 78.1 Å². The number of rotatable bonds is 9. The van der Waals surface area contributed by atoms with E-state index in [1.54, 1.807) is 42.5 Å².